The second kappa shape index (κ2) is 4.79. The molecule has 0 spiro atoms. The predicted molar refractivity (Wildman–Crippen MR) is 65.8 cm³/mol. The van der Waals surface area contributed by atoms with E-state index in [4.69, 9.17) is 0 Å². The number of benzene rings is 1. The highest BCUT2D eigenvalue weighted by Gasteiger charge is 2.18. The SMILES string of the molecule is C=CCC(c1ccccc1)C1C=CC=C1. The predicted octanol–water partition coefficient (Wildman–Crippen LogP) is 4.09. The summed E-state index contributed by atoms with van der Waals surface area (Å²) in [7, 11) is 0. The minimum Gasteiger partial charge on any atom is -0.103 e. The molecule has 1 aromatic rings. The maximum atomic E-state index is 3.85. The summed E-state index contributed by atoms with van der Waals surface area (Å²) in [4.78, 5) is 0. The minimum atomic E-state index is 0.533. The Morgan fingerprint density at radius 3 is 2.40 bits per heavy atom. The summed E-state index contributed by atoms with van der Waals surface area (Å²) in [6.07, 6.45) is 11.8. The summed E-state index contributed by atoms with van der Waals surface area (Å²) >= 11 is 0. The first-order chi connectivity index (χ1) is 7.42. The molecular weight excluding hydrogens is 180 g/mol. The zero-order valence-corrected chi connectivity index (χ0v) is 8.84. The zero-order chi connectivity index (χ0) is 10.5. The van der Waals surface area contributed by atoms with E-state index in [0.717, 1.165) is 6.42 Å². The molecule has 0 saturated carbocycles. The molecule has 0 nitrogen and oxygen atoms in total. The van der Waals surface area contributed by atoms with Crippen molar-refractivity contribution in [1.29, 1.82) is 0 Å². The van der Waals surface area contributed by atoms with Gasteiger partial charge in [0.2, 0.25) is 0 Å². The van der Waals surface area contributed by atoms with Crippen LogP contribution in [0, 0.1) is 5.92 Å². The van der Waals surface area contributed by atoms with E-state index in [1.54, 1.807) is 0 Å². The van der Waals surface area contributed by atoms with Crippen molar-refractivity contribution < 1.29 is 0 Å². The molecule has 1 unspecified atom stereocenters. The maximum absolute atomic E-state index is 3.85. The van der Waals surface area contributed by atoms with E-state index in [1.165, 1.54) is 5.56 Å². The van der Waals surface area contributed by atoms with Gasteiger partial charge in [-0.3, -0.25) is 0 Å². The first-order valence-electron chi connectivity index (χ1n) is 5.42. The molecule has 0 radical (unpaired) electrons. The third kappa shape index (κ3) is 2.27. The topological polar surface area (TPSA) is 0 Å². The molecule has 0 bridgehead atoms. The van der Waals surface area contributed by atoms with Crippen LogP contribution in [0.1, 0.15) is 17.9 Å². The van der Waals surface area contributed by atoms with Crippen molar-refractivity contribution in [3.05, 3.63) is 72.9 Å². The molecule has 76 valence electrons. The fourth-order valence-electron chi connectivity index (χ4n) is 2.11. The molecule has 0 heteroatoms. The van der Waals surface area contributed by atoms with Crippen LogP contribution < -0.4 is 0 Å². The maximum Gasteiger partial charge on any atom is 0.00245 e. The summed E-state index contributed by atoms with van der Waals surface area (Å²) in [6, 6.07) is 10.7. The van der Waals surface area contributed by atoms with E-state index >= 15 is 0 Å². The van der Waals surface area contributed by atoms with Gasteiger partial charge in [0.25, 0.3) is 0 Å². The number of hydrogen-bond donors (Lipinski definition) is 0. The van der Waals surface area contributed by atoms with Gasteiger partial charge in [-0.25, -0.2) is 0 Å². The second-order valence-electron chi connectivity index (χ2n) is 3.89. The molecule has 1 aromatic carbocycles. The van der Waals surface area contributed by atoms with Gasteiger partial charge in [-0.15, -0.1) is 6.58 Å². The van der Waals surface area contributed by atoms with Crippen LogP contribution in [0.15, 0.2) is 67.3 Å². The van der Waals surface area contributed by atoms with Crippen molar-refractivity contribution in [3.8, 4) is 0 Å². The van der Waals surface area contributed by atoms with Gasteiger partial charge < -0.3 is 0 Å². The van der Waals surface area contributed by atoms with Gasteiger partial charge in [-0.1, -0.05) is 60.7 Å². The van der Waals surface area contributed by atoms with Gasteiger partial charge in [-0.2, -0.15) is 0 Å². The van der Waals surface area contributed by atoms with Gasteiger partial charge in [0.1, 0.15) is 0 Å². The Morgan fingerprint density at radius 1 is 1.13 bits per heavy atom. The van der Waals surface area contributed by atoms with Crippen LogP contribution in [0.25, 0.3) is 0 Å². The van der Waals surface area contributed by atoms with E-state index in [-0.39, 0.29) is 0 Å². The van der Waals surface area contributed by atoms with Crippen molar-refractivity contribution in [1.82, 2.24) is 0 Å². The Kier molecular flexibility index (Phi) is 3.18. The smallest absolute Gasteiger partial charge is 0.00245 e. The standard InChI is InChI=1S/C15H16/c1-2-8-15(14-11-6-7-12-14)13-9-4-3-5-10-13/h2-7,9-12,14-15H,1,8H2. The van der Waals surface area contributed by atoms with Crippen LogP contribution in [0.2, 0.25) is 0 Å². The molecule has 1 atom stereocenters. The fraction of sp³-hybridized carbons (Fsp3) is 0.200. The van der Waals surface area contributed by atoms with Crippen LogP contribution in [-0.2, 0) is 0 Å². The first-order valence-corrected chi connectivity index (χ1v) is 5.42. The summed E-state index contributed by atoms with van der Waals surface area (Å²) < 4.78 is 0. The lowest BCUT2D eigenvalue weighted by Gasteiger charge is -2.19. The van der Waals surface area contributed by atoms with E-state index in [2.05, 4.69) is 61.2 Å². The summed E-state index contributed by atoms with van der Waals surface area (Å²) in [5.74, 6) is 1.07. The largest absolute Gasteiger partial charge is 0.103 e. The van der Waals surface area contributed by atoms with Crippen molar-refractivity contribution in [2.24, 2.45) is 5.92 Å². The zero-order valence-electron chi connectivity index (χ0n) is 8.84. The Morgan fingerprint density at radius 2 is 1.80 bits per heavy atom. The summed E-state index contributed by atoms with van der Waals surface area (Å²) in [5, 5.41) is 0. The molecule has 0 N–H and O–H groups in total. The van der Waals surface area contributed by atoms with Crippen molar-refractivity contribution >= 4 is 0 Å². The lowest BCUT2D eigenvalue weighted by atomic mass is 9.84. The van der Waals surface area contributed by atoms with E-state index < -0.39 is 0 Å². The molecule has 1 aliphatic carbocycles. The Balaban J connectivity index is 2.23. The fourth-order valence-corrected chi connectivity index (χ4v) is 2.11. The highest BCUT2D eigenvalue weighted by atomic mass is 14.2. The molecule has 2 rings (SSSR count). The van der Waals surface area contributed by atoms with Crippen LogP contribution >= 0.6 is 0 Å². The first kappa shape index (κ1) is 9.97. The van der Waals surface area contributed by atoms with E-state index in [1.807, 2.05) is 6.08 Å². The van der Waals surface area contributed by atoms with Gasteiger partial charge >= 0.3 is 0 Å². The molecule has 0 aliphatic heterocycles. The van der Waals surface area contributed by atoms with Gasteiger partial charge in [-0.05, 0) is 17.9 Å². The third-order valence-electron chi connectivity index (χ3n) is 2.89. The molecule has 0 heterocycles. The molecule has 0 saturated heterocycles. The molecule has 15 heavy (non-hydrogen) atoms. The van der Waals surface area contributed by atoms with Crippen molar-refractivity contribution in [2.45, 2.75) is 12.3 Å². The molecule has 0 aromatic heterocycles. The second-order valence-corrected chi connectivity index (χ2v) is 3.89. The quantitative estimate of drug-likeness (QED) is 0.636. The summed E-state index contributed by atoms with van der Waals surface area (Å²) in [6.45, 7) is 3.85. The highest BCUT2D eigenvalue weighted by molar-refractivity contribution is 5.28. The Hall–Kier alpha value is -1.56. The monoisotopic (exact) mass is 196 g/mol. The van der Waals surface area contributed by atoms with E-state index in [9.17, 15) is 0 Å². The number of allylic oxidation sites excluding steroid dienone is 5. The average molecular weight is 196 g/mol. The highest BCUT2D eigenvalue weighted by Crippen LogP contribution is 2.32. The minimum absolute atomic E-state index is 0.533. The number of rotatable bonds is 4. The van der Waals surface area contributed by atoms with E-state index in [0.29, 0.717) is 11.8 Å². The van der Waals surface area contributed by atoms with Crippen LogP contribution in [-0.4, -0.2) is 0 Å². The van der Waals surface area contributed by atoms with Crippen LogP contribution in [0.4, 0.5) is 0 Å². The van der Waals surface area contributed by atoms with Crippen LogP contribution in [0.5, 0.6) is 0 Å². The molecule has 0 amide bonds. The normalized spacial score (nSPS) is 16.8. The van der Waals surface area contributed by atoms with Crippen molar-refractivity contribution in [3.63, 3.8) is 0 Å². The van der Waals surface area contributed by atoms with Gasteiger partial charge in [0.05, 0.1) is 0 Å². The molecule has 0 fully saturated rings. The third-order valence-corrected chi connectivity index (χ3v) is 2.89. The molecule has 1 aliphatic rings. The summed E-state index contributed by atoms with van der Waals surface area (Å²) in [5.41, 5.74) is 1.40. The molecular formula is C15H16. The Bertz CT molecular complexity index is 358. The van der Waals surface area contributed by atoms with Gasteiger partial charge in [0, 0.05) is 5.92 Å². The number of hydrogen-bond acceptors (Lipinski definition) is 0. The lowest BCUT2D eigenvalue weighted by Crippen LogP contribution is -2.06. The van der Waals surface area contributed by atoms with Crippen molar-refractivity contribution in [2.75, 3.05) is 0 Å². The average Bonchev–Trinajstić information content (AvgIpc) is 2.80. The lowest BCUT2D eigenvalue weighted by molar-refractivity contribution is 0.606. The Labute approximate surface area is 91.6 Å². The van der Waals surface area contributed by atoms with Gasteiger partial charge in [0.15, 0.2) is 0 Å². The van der Waals surface area contributed by atoms with Crippen LogP contribution in [0.3, 0.4) is 0 Å².